The quantitative estimate of drug-likeness (QED) is 0.572. The SMILES string of the molecule is CN(CCOCC1CC1)C(=O)c1cccc(F)n1. The maximum atomic E-state index is 12.9. The van der Waals surface area contributed by atoms with E-state index in [-0.39, 0.29) is 11.6 Å². The van der Waals surface area contributed by atoms with Crippen LogP contribution in [0.2, 0.25) is 0 Å². The Kier molecular flexibility index (Phi) is 4.25. The summed E-state index contributed by atoms with van der Waals surface area (Å²) in [4.78, 5) is 16.9. The molecule has 0 unspecified atom stereocenters. The van der Waals surface area contributed by atoms with Crippen molar-refractivity contribution < 1.29 is 13.9 Å². The largest absolute Gasteiger partial charge is 0.379 e. The van der Waals surface area contributed by atoms with E-state index in [0.717, 1.165) is 12.5 Å². The minimum absolute atomic E-state index is 0.125. The average Bonchev–Trinajstić information content (AvgIpc) is 3.17. The summed E-state index contributed by atoms with van der Waals surface area (Å²) in [6.07, 6.45) is 2.50. The highest BCUT2D eigenvalue weighted by Crippen LogP contribution is 2.28. The highest BCUT2D eigenvalue weighted by molar-refractivity contribution is 5.92. The molecule has 98 valence electrons. The lowest BCUT2D eigenvalue weighted by atomic mass is 10.3. The Balaban J connectivity index is 1.76. The maximum Gasteiger partial charge on any atom is 0.272 e. The minimum Gasteiger partial charge on any atom is -0.379 e. The number of halogens is 1. The Bertz CT molecular complexity index is 421. The van der Waals surface area contributed by atoms with Crippen molar-refractivity contribution in [1.82, 2.24) is 9.88 Å². The van der Waals surface area contributed by atoms with Gasteiger partial charge in [0.15, 0.2) is 0 Å². The summed E-state index contributed by atoms with van der Waals surface area (Å²) in [7, 11) is 1.66. The smallest absolute Gasteiger partial charge is 0.272 e. The van der Waals surface area contributed by atoms with Gasteiger partial charge in [0, 0.05) is 20.2 Å². The molecule has 1 saturated carbocycles. The van der Waals surface area contributed by atoms with Crippen LogP contribution in [0.15, 0.2) is 18.2 Å². The number of hydrogen-bond donors (Lipinski definition) is 0. The summed E-state index contributed by atoms with van der Waals surface area (Å²) in [6, 6.07) is 4.20. The number of hydrogen-bond acceptors (Lipinski definition) is 3. The zero-order valence-corrected chi connectivity index (χ0v) is 10.4. The van der Waals surface area contributed by atoms with E-state index in [9.17, 15) is 9.18 Å². The Hall–Kier alpha value is -1.49. The van der Waals surface area contributed by atoms with Gasteiger partial charge in [-0.1, -0.05) is 6.07 Å². The first-order chi connectivity index (χ1) is 8.66. The minimum atomic E-state index is -0.640. The number of carbonyl (C=O) groups excluding carboxylic acids is 1. The second-order valence-corrected chi connectivity index (χ2v) is 4.59. The molecule has 0 N–H and O–H groups in total. The molecule has 0 saturated heterocycles. The Morgan fingerprint density at radius 3 is 3.00 bits per heavy atom. The van der Waals surface area contributed by atoms with Gasteiger partial charge in [-0.05, 0) is 30.9 Å². The summed E-state index contributed by atoms with van der Waals surface area (Å²) in [6.45, 7) is 1.78. The molecule has 0 aromatic carbocycles. The van der Waals surface area contributed by atoms with Crippen molar-refractivity contribution in [2.45, 2.75) is 12.8 Å². The van der Waals surface area contributed by atoms with Gasteiger partial charge in [0.1, 0.15) is 5.69 Å². The van der Waals surface area contributed by atoms with Crippen LogP contribution in [0.5, 0.6) is 0 Å². The monoisotopic (exact) mass is 252 g/mol. The lowest BCUT2D eigenvalue weighted by molar-refractivity contribution is 0.0675. The van der Waals surface area contributed by atoms with Crippen LogP contribution in [0.25, 0.3) is 0 Å². The van der Waals surface area contributed by atoms with Crippen molar-refractivity contribution in [1.29, 1.82) is 0 Å². The van der Waals surface area contributed by atoms with Gasteiger partial charge in [0.2, 0.25) is 5.95 Å². The predicted molar refractivity (Wildman–Crippen MR) is 64.7 cm³/mol. The standard InChI is InChI=1S/C13H17FN2O2/c1-16(7-8-18-9-10-5-6-10)13(17)11-3-2-4-12(14)15-11/h2-4,10H,5-9H2,1H3. The molecule has 1 heterocycles. The Morgan fingerprint density at radius 2 is 2.33 bits per heavy atom. The van der Waals surface area contributed by atoms with Gasteiger partial charge in [-0.3, -0.25) is 4.79 Å². The van der Waals surface area contributed by atoms with Crippen LogP contribution < -0.4 is 0 Å². The molecule has 0 spiro atoms. The lowest BCUT2D eigenvalue weighted by Gasteiger charge is -2.16. The third-order valence-corrected chi connectivity index (χ3v) is 2.90. The van der Waals surface area contributed by atoms with E-state index >= 15 is 0 Å². The fraction of sp³-hybridized carbons (Fsp3) is 0.538. The topological polar surface area (TPSA) is 42.4 Å². The first kappa shape index (κ1) is 13.0. The zero-order chi connectivity index (χ0) is 13.0. The molecule has 0 radical (unpaired) electrons. The Labute approximate surface area is 106 Å². The molecule has 2 rings (SSSR count). The summed E-state index contributed by atoms with van der Waals surface area (Å²) < 4.78 is 18.3. The number of likely N-dealkylation sites (N-methyl/N-ethyl adjacent to an activating group) is 1. The van der Waals surface area contributed by atoms with Gasteiger partial charge in [-0.25, -0.2) is 4.98 Å². The molecule has 0 atom stereocenters. The first-order valence-electron chi connectivity index (χ1n) is 6.12. The van der Waals surface area contributed by atoms with Crippen molar-refractivity contribution in [3.8, 4) is 0 Å². The molecule has 4 nitrogen and oxygen atoms in total. The van der Waals surface area contributed by atoms with Gasteiger partial charge >= 0.3 is 0 Å². The van der Waals surface area contributed by atoms with E-state index < -0.39 is 5.95 Å². The van der Waals surface area contributed by atoms with E-state index in [2.05, 4.69) is 4.98 Å². The van der Waals surface area contributed by atoms with Crippen LogP contribution in [0.4, 0.5) is 4.39 Å². The summed E-state index contributed by atoms with van der Waals surface area (Å²) in [5.74, 6) is -0.209. The molecular weight excluding hydrogens is 235 g/mol. The lowest BCUT2D eigenvalue weighted by Crippen LogP contribution is -2.31. The van der Waals surface area contributed by atoms with Crippen LogP contribution >= 0.6 is 0 Å². The Morgan fingerprint density at radius 1 is 1.56 bits per heavy atom. The zero-order valence-electron chi connectivity index (χ0n) is 10.4. The van der Waals surface area contributed by atoms with Crippen molar-refractivity contribution in [2.24, 2.45) is 5.92 Å². The molecule has 1 fully saturated rings. The third kappa shape index (κ3) is 3.77. The van der Waals surface area contributed by atoms with E-state index in [1.807, 2.05) is 0 Å². The molecule has 1 aliphatic carbocycles. The molecule has 18 heavy (non-hydrogen) atoms. The van der Waals surface area contributed by atoms with Crippen molar-refractivity contribution in [2.75, 3.05) is 26.8 Å². The average molecular weight is 252 g/mol. The summed E-state index contributed by atoms with van der Waals surface area (Å²) in [5.41, 5.74) is 0.125. The molecule has 0 bridgehead atoms. The second-order valence-electron chi connectivity index (χ2n) is 4.59. The number of ether oxygens (including phenoxy) is 1. The number of pyridine rings is 1. The van der Waals surface area contributed by atoms with Gasteiger partial charge in [-0.2, -0.15) is 4.39 Å². The number of carbonyl (C=O) groups is 1. The number of rotatable bonds is 6. The van der Waals surface area contributed by atoms with E-state index in [1.165, 1.54) is 35.9 Å². The van der Waals surface area contributed by atoms with Crippen LogP contribution in [0, 0.1) is 11.9 Å². The van der Waals surface area contributed by atoms with Gasteiger partial charge < -0.3 is 9.64 Å². The molecule has 0 aliphatic heterocycles. The summed E-state index contributed by atoms with van der Waals surface area (Å²) in [5, 5.41) is 0. The fourth-order valence-electron chi connectivity index (χ4n) is 1.56. The van der Waals surface area contributed by atoms with Crippen LogP contribution in [-0.2, 0) is 4.74 Å². The summed E-state index contributed by atoms with van der Waals surface area (Å²) >= 11 is 0. The predicted octanol–water partition coefficient (Wildman–Crippen LogP) is 1.72. The first-order valence-corrected chi connectivity index (χ1v) is 6.12. The highest BCUT2D eigenvalue weighted by Gasteiger charge is 2.21. The number of nitrogens with zero attached hydrogens (tertiary/aromatic N) is 2. The molecule has 5 heteroatoms. The van der Waals surface area contributed by atoms with Crippen molar-refractivity contribution >= 4 is 5.91 Å². The van der Waals surface area contributed by atoms with E-state index in [4.69, 9.17) is 4.74 Å². The van der Waals surface area contributed by atoms with Crippen LogP contribution in [-0.4, -0.2) is 42.6 Å². The van der Waals surface area contributed by atoms with Gasteiger partial charge in [0.25, 0.3) is 5.91 Å². The third-order valence-electron chi connectivity index (χ3n) is 2.90. The molecule has 1 aliphatic rings. The fourth-order valence-corrected chi connectivity index (χ4v) is 1.56. The number of aromatic nitrogens is 1. The molecular formula is C13H17FN2O2. The van der Waals surface area contributed by atoms with Crippen LogP contribution in [0.1, 0.15) is 23.3 Å². The number of amides is 1. The van der Waals surface area contributed by atoms with Gasteiger partial charge in [0.05, 0.1) is 6.61 Å². The second kappa shape index (κ2) is 5.91. The van der Waals surface area contributed by atoms with Crippen LogP contribution in [0.3, 0.4) is 0 Å². The molecule has 1 aromatic heterocycles. The maximum absolute atomic E-state index is 12.9. The molecule has 1 aromatic rings. The van der Waals surface area contributed by atoms with Crippen molar-refractivity contribution in [3.63, 3.8) is 0 Å². The normalized spacial score (nSPS) is 14.6. The van der Waals surface area contributed by atoms with Gasteiger partial charge in [-0.15, -0.1) is 0 Å². The highest BCUT2D eigenvalue weighted by atomic mass is 19.1. The van der Waals surface area contributed by atoms with Crippen molar-refractivity contribution in [3.05, 3.63) is 29.8 Å². The molecule has 1 amide bonds. The van der Waals surface area contributed by atoms with E-state index in [1.54, 1.807) is 7.05 Å². The van der Waals surface area contributed by atoms with E-state index in [0.29, 0.717) is 13.2 Å².